The summed E-state index contributed by atoms with van der Waals surface area (Å²) in [4.78, 5) is 4.04. The molecular weight excluding hydrogens is 304 g/mol. The standard InChI is InChI=1S/C14H20N4O3S/c1-11-9-18(10-12(2)21-11)22(19,20)6-5-16-14-4-3-13(7-15)8-17-14/h3-4,8,11-12H,5-6,9-10H2,1-2H3,(H,16,17)/t11-,12+. The summed E-state index contributed by atoms with van der Waals surface area (Å²) in [5.74, 6) is 0.548. The van der Waals surface area contributed by atoms with Gasteiger partial charge in [-0.05, 0) is 26.0 Å². The maximum atomic E-state index is 12.3. The van der Waals surface area contributed by atoms with Gasteiger partial charge in [0.2, 0.25) is 10.0 Å². The van der Waals surface area contributed by atoms with E-state index < -0.39 is 10.0 Å². The minimum atomic E-state index is -3.32. The Bertz CT molecular complexity index is 629. The number of hydrogen-bond acceptors (Lipinski definition) is 6. The van der Waals surface area contributed by atoms with E-state index in [1.165, 1.54) is 10.5 Å². The van der Waals surface area contributed by atoms with Crippen molar-refractivity contribution in [3.05, 3.63) is 23.9 Å². The molecule has 1 aliphatic heterocycles. The van der Waals surface area contributed by atoms with Gasteiger partial charge in [-0.2, -0.15) is 9.57 Å². The van der Waals surface area contributed by atoms with E-state index in [9.17, 15) is 8.42 Å². The van der Waals surface area contributed by atoms with Crippen molar-refractivity contribution < 1.29 is 13.2 Å². The van der Waals surface area contributed by atoms with Gasteiger partial charge in [0.1, 0.15) is 11.9 Å². The molecule has 8 heteroatoms. The number of anilines is 1. The van der Waals surface area contributed by atoms with Crippen LogP contribution in [0.5, 0.6) is 0 Å². The molecule has 1 saturated heterocycles. The normalized spacial score (nSPS) is 23.0. The third kappa shape index (κ3) is 4.40. The van der Waals surface area contributed by atoms with Crippen molar-refractivity contribution in [2.45, 2.75) is 26.1 Å². The van der Waals surface area contributed by atoms with Gasteiger partial charge in [0.25, 0.3) is 0 Å². The maximum absolute atomic E-state index is 12.3. The van der Waals surface area contributed by atoms with Crippen LogP contribution in [-0.2, 0) is 14.8 Å². The van der Waals surface area contributed by atoms with Gasteiger partial charge in [-0.15, -0.1) is 0 Å². The lowest BCUT2D eigenvalue weighted by Crippen LogP contribution is -2.49. The quantitative estimate of drug-likeness (QED) is 0.861. The molecule has 0 spiro atoms. The second kappa shape index (κ2) is 7.05. The van der Waals surface area contributed by atoms with Crippen molar-refractivity contribution >= 4 is 15.8 Å². The van der Waals surface area contributed by atoms with Crippen LogP contribution in [0.3, 0.4) is 0 Å². The van der Waals surface area contributed by atoms with Crippen molar-refractivity contribution in [3.8, 4) is 6.07 Å². The molecule has 0 radical (unpaired) electrons. The lowest BCUT2D eigenvalue weighted by atomic mass is 10.3. The first kappa shape index (κ1) is 16.7. The third-order valence-corrected chi connectivity index (χ3v) is 5.14. The van der Waals surface area contributed by atoms with E-state index in [2.05, 4.69) is 10.3 Å². The number of ether oxygens (including phenoxy) is 1. The Labute approximate surface area is 131 Å². The molecule has 2 rings (SSSR count). The molecular formula is C14H20N4O3S. The fourth-order valence-electron chi connectivity index (χ4n) is 2.36. The minimum absolute atomic E-state index is 0.00583. The van der Waals surface area contributed by atoms with Crippen LogP contribution >= 0.6 is 0 Å². The van der Waals surface area contributed by atoms with Gasteiger partial charge < -0.3 is 10.1 Å². The number of sulfonamides is 1. The van der Waals surface area contributed by atoms with Crippen LogP contribution in [0.1, 0.15) is 19.4 Å². The van der Waals surface area contributed by atoms with Gasteiger partial charge in [0.05, 0.1) is 23.5 Å². The molecule has 0 saturated carbocycles. The number of aromatic nitrogens is 1. The second-order valence-electron chi connectivity index (χ2n) is 5.36. The van der Waals surface area contributed by atoms with Gasteiger partial charge in [0.15, 0.2) is 0 Å². The summed E-state index contributed by atoms with van der Waals surface area (Å²) < 4.78 is 31.7. The van der Waals surface area contributed by atoms with E-state index in [1.54, 1.807) is 12.1 Å². The Balaban J connectivity index is 1.88. The third-order valence-electron chi connectivity index (χ3n) is 3.34. The molecule has 1 fully saturated rings. The zero-order chi connectivity index (χ0) is 16.2. The van der Waals surface area contributed by atoms with Crippen LogP contribution in [0.4, 0.5) is 5.82 Å². The Morgan fingerprint density at radius 1 is 1.41 bits per heavy atom. The zero-order valence-electron chi connectivity index (χ0n) is 12.7. The van der Waals surface area contributed by atoms with Gasteiger partial charge in [-0.25, -0.2) is 13.4 Å². The predicted octanol–water partition coefficient (Wildman–Crippen LogP) is 0.804. The van der Waals surface area contributed by atoms with Crippen molar-refractivity contribution in [2.75, 3.05) is 30.7 Å². The van der Waals surface area contributed by atoms with Crippen molar-refractivity contribution in [2.24, 2.45) is 0 Å². The Morgan fingerprint density at radius 2 is 2.09 bits per heavy atom. The van der Waals surface area contributed by atoms with E-state index in [0.29, 0.717) is 24.5 Å². The maximum Gasteiger partial charge on any atom is 0.216 e. The molecule has 0 unspecified atom stereocenters. The van der Waals surface area contributed by atoms with E-state index in [-0.39, 0.29) is 24.5 Å². The Hall–Kier alpha value is -1.69. The van der Waals surface area contributed by atoms with Crippen LogP contribution in [0.15, 0.2) is 18.3 Å². The highest BCUT2D eigenvalue weighted by Crippen LogP contribution is 2.15. The van der Waals surface area contributed by atoms with Crippen molar-refractivity contribution in [1.29, 1.82) is 5.26 Å². The van der Waals surface area contributed by atoms with Gasteiger partial charge in [-0.1, -0.05) is 0 Å². The molecule has 120 valence electrons. The molecule has 0 bridgehead atoms. The second-order valence-corrected chi connectivity index (χ2v) is 7.45. The average molecular weight is 324 g/mol. The number of rotatable bonds is 5. The van der Waals surface area contributed by atoms with Gasteiger partial charge in [-0.3, -0.25) is 0 Å². The molecule has 0 amide bonds. The topological polar surface area (TPSA) is 95.3 Å². The van der Waals surface area contributed by atoms with Crippen molar-refractivity contribution in [3.63, 3.8) is 0 Å². The lowest BCUT2D eigenvalue weighted by molar-refractivity contribution is -0.0440. The molecule has 22 heavy (non-hydrogen) atoms. The molecule has 2 heterocycles. The summed E-state index contributed by atoms with van der Waals surface area (Å²) in [6, 6.07) is 5.27. The number of nitrogens with zero attached hydrogens (tertiary/aromatic N) is 3. The van der Waals surface area contributed by atoms with E-state index >= 15 is 0 Å². The number of pyridine rings is 1. The zero-order valence-corrected chi connectivity index (χ0v) is 13.5. The van der Waals surface area contributed by atoms with E-state index in [0.717, 1.165) is 0 Å². The van der Waals surface area contributed by atoms with E-state index in [1.807, 2.05) is 19.9 Å². The number of hydrogen-bond donors (Lipinski definition) is 1. The number of nitriles is 1. The largest absolute Gasteiger partial charge is 0.373 e. The van der Waals surface area contributed by atoms with Crippen molar-refractivity contribution in [1.82, 2.24) is 9.29 Å². The smallest absolute Gasteiger partial charge is 0.216 e. The number of morpholine rings is 1. The summed E-state index contributed by atoms with van der Waals surface area (Å²) in [6.45, 7) is 4.79. The molecule has 0 aromatic carbocycles. The van der Waals surface area contributed by atoms with Crippen LogP contribution in [0.2, 0.25) is 0 Å². The SMILES string of the molecule is C[C@@H]1CN(S(=O)(=O)CCNc2ccc(C#N)cn2)C[C@H](C)O1. The van der Waals surface area contributed by atoms with Crippen LogP contribution in [-0.4, -0.2) is 55.3 Å². The molecule has 1 N–H and O–H groups in total. The first-order chi connectivity index (χ1) is 10.4. The summed E-state index contributed by atoms with van der Waals surface area (Å²) >= 11 is 0. The summed E-state index contributed by atoms with van der Waals surface area (Å²) in [7, 11) is -3.32. The average Bonchev–Trinajstić information content (AvgIpc) is 2.47. The van der Waals surface area contributed by atoms with Gasteiger partial charge in [0, 0.05) is 25.8 Å². The minimum Gasteiger partial charge on any atom is -0.373 e. The predicted molar refractivity (Wildman–Crippen MR) is 82.8 cm³/mol. The first-order valence-electron chi connectivity index (χ1n) is 7.14. The molecule has 0 aliphatic carbocycles. The summed E-state index contributed by atoms with van der Waals surface area (Å²) in [5.41, 5.74) is 0.467. The lowest BCUT2D eigenvalue weighted by Gasteiger charge is -2.34. The summed E-state index contributed by atoms with van der Waals surface area (Å²) in [6.07, 6.45) is 1.26. The molecule has 1 aromatic rings. The van der Waals surface area contributed by atoms with Gasteiger partial charge >= 0.3 is 0 Å². The first-order valence-corrected chi connectivity index (χ1v) is 8.75. The Morgan fingerprint density at radius 3 is 2.64 bits per heavy atom. The molecule has 7 nitrogen and oxygen atoms in total. The van der Waals surface area contributed by atoms with E-state index in [4.69, 9.17) is 10.00 Å². The molecule has 2 atom stereocenters. The number of nitrogens with one attached hydrogen (secondary N) is 1. The van der Waals surface area contributed by atoms with Crippen LogP contribution < -0.4 is 5.32 Å². The molecule has 1 aromatic heterocycles. The fourth-order valence-corrected chi connectivity index (χ4v) is 3.85. The van der Waals surface area contributed by atoms with Crippen LogP contribution in [0.25, 0.3) is 0 Å². The molecule has 1 aliphatic rings. The summed E-state index contributed by atoms with van der Waals surface area (Å²) in [5, 5.41) is 11.6. The highest BCUT2D eigenvalue weighted by atomic mass is 32.2. The Kier molecular flexibility index (Phi) is 5.34. The highest BCUT2D eigenvalue weighted by Gasteiger charge is 2.30. The monoisotopic (exact) mass is 324 g/mol. The highest BCUT2D eigenvalue weighted by molar-refractivity contribution is 7.89. The fraction of sp³-hybridized carbons (Fsp3) is 0.571. The van der Waals surface area contributed by atoms with Crippen LogP contribution in [0, 0.1) is 11.3 Å².